The number of nitrogens with zero attached hydrogens (tertiary/aromatic N) is 7. The highest BCUT2D eigenvalue weighted by molar-refractivity contribution is 6.36. The van der Waals surface area contributed by atoms with E-state index >= 15 is 0 Å². The minimum absolute atomic E-state index is 0.0693. The van der Waals surface area contributed by atoms with Gasteiger partial charge < -0.3 is 29.4 Å². The van der Waals surface area contributed by atoms with Crippen molar-refractivity contribution in [2.24, 2.45) is 0 Å². The normalized spacial score (nSPS) is 20.5. The van der Waals surface area contributed by atoms with E-state index < -0.39 is 12.1 Å². The van der Waals surface area contributed by atoms with Gasteiger partial charge in [0, 0.05) is 47.2 Å². The summed E-state index contributed by atoms with van der Waals surface area (Å²) in [5.74, 6) is 0.458. The summed E-state index contributed by atoms with van der Waals surface area (Å²) in [6, 6.07) is 13.3. The van der Waals surface area contributed by atoms with Crippen LogP contribution in [0.25, 0.3) is 10.8 Å². The van der Waals surface area contributed by atoms with Crippen LogP contribution in [0.4, 0.5) is 10.6 Å². The fraction of sp³-hybridized carbons (Fsp3) is 0.433. The lowest BCUT2D eigenvalue weighted by molar-refractivity contribution is 0.0752. The number of likely N-dealkylation sites (N-methyl/N-ethyl adjacent to an activating group) is 1. The fourth-order valence-electron chi connectivity index (χ4n) is 6.27. The number of rotatable bonds is 6. The third kappa shape index (κ3) is 5.28. The SMILES string of the molecule is CN1CCCC1COc1nc2c(c(N3CCN(C(=O)O)C(CC#N)C3)n1)CN(C(=O)c1cccc3cccc(Cl)c13)C2. The predicted octanol–water partition coefficient (Wildman–Crippen LogP) is 3.99. The molecule has 1 aromatic heterocycles. The minimum Gasteiger partial charge on any atom is -0.465 e. The second-order valence-corrected chi connectivity index (χ2v) is 11.5. The molecule has 42 heavy (non-hydrogen) atoms. The number of aromatic nitrogens is 2. The number of fused-ring (bicyclic) bond motifs is 2. The Morgan fingerprint density at radius 1 is 1.12 bits per heavy atom. The van der Waals surface area contributed by atoms with Gasteiger partial charge in [0.05, 0.1) is 37.3 Å². The first-order valence-corrected chi connectivity index (χ1v) is 14.5. The van der Waals surface area contributed by atoms with Gasteiger partial charge in [0.2, 0.25) is 0 Å². The first-order chi connectivity index (χ1) is 20.3. The first kappa shape index (κ1) is 28.0. The maximum Gasteiger partial charge on any atom is 0.407 e. The number of carbonyl (C=O) groups is 2. The van der Waals surface area contributed by atoms with Gasteiger partial charge in [0.1, 0.15) is 12.4 Å². The van der Waals surface area contributed by atoms with Crippen LogP contribution < -0.4 is 9.64 Å². The smallest absolute Gasteiger partial charge is 0.407 e. The molecule has 2 saturated heterocycles. The second-order valence-electron chi connectivity index (χ2n) is 11.1. The Kier molecular flexibility index (Phi) is 7.75. The molecular weight excluding hydrogens is 558 g/mol. The number of nitriles is 1. The maximum absolute atomic E-state index is 13.9. The van der Waals surface area contributed by atoms with Crippen molar-refractivity contribution in [3.8, 4) is 12.1 Å². The van der Waals surface area contributed by atoms with E-state index in [0.717, 1.165) is 30.3 Å². The van der Waals surface area contributed by atoms with E-state index in [4.69, 9.17) is 26.3 Å². The standard InChI is InChI=1S/C30H32ClN7O4/c1-35-12-4-7-21(35)18-42-29-33-25-17-37(28(39)22-8-2-5-19-6-3-9-24(31)26(19)22)16-23(25)27(34-29)36-13-14-38(30(40)41)20(15-36)10-11-32/h2-3,5-6,8-9,20-21H,4,7,10,12-18H2,1H3,(H,40,41). The lowest BCUT2D eigenvalue weighted by Crippen LogP contribution is -2.55. The van der Waals surface area contributed by atoms with Crippen molar-refractivity contribution in [2.45, 2.75) is 44.4 Å². The number of likely N-dealkylation sites (tertiary alicyclic amines) is 1. The van der Waals surface area contributed by atoms with Gasteiger partial charge in [0.15, 0.2) is 0 Å². The summed E-state index contributed by atoms with van der Waals surface area (Å²) in [4.78, 5) is 42.6. The summed E-state index contributed by atoms with van der Waals surface area (Å²) in [6.45, 7) is 2.99. The Labute approximate surface area is 248 Å². The van der Waals surface area contributed by atoms with Gasteiger partial charge in [-0.05, 0) is 44.0 Å². The van der Waals surface area contributed by atoms with Gasteiger partial charge in [-0.1, -0.05) is 35.9 Å². The third-order valence-corrected chi connectivity index (χ3v) is 8.86. The van der Waals surface area contributed by atoms with Gasteiger partial charge in [-0.3, -0.25) is 4.79 Å². The van der Waals surface area contributed by atoms with Crippen LogP contribution in [0.1, 0.15) is 40.9 Å². The average molecular weight is 590 g/mol. The summed E-state index contributed by atoms with van der Waals surface area (Å²) < 4.78 is 6.14. The van der Waals surface area contributed by atoms with E-state index in [1.54, 1.807) is 17.0 Å². The van der Waals surface area contributed by atoms with Crippen LogP contribution in [0.5, 0.6) is 6.01 Å². The Bertz CT molecular complexity index is 1570. The van der Waals surface area contributed by atoms with Gasteiger partial charge >= 0.3 is 12.1 Å². The topological polar surface area (TPSA) is 126 Å². The molecule has 0 bridgehead atoms. The third-order valence-electron chi connectivity index (χ3n) is 8.54. The van der Waals surface area contributed by atoms with Crippen molar-refractivity contribution >= 4 is 40.2 Å². The number of hydrogen-bond donors (Lipinski definition) is 1. The monoisotopic (exact) mass is 589 g/mol. The molecule has 2 fully saturated rings. The van der Waals surface area contributed by atoms with Crippen LogP contribution >= 0.6 is 11.6 Å². The molecule has 2 unspecified atom stereocenters. The molecule has 2 amide bonds. The molecule has 2 aromatic carbocycles. The van der Waals surface area contributed by atoms with E-state index in [-0.39, 0.29) is 44.0 Å². The molecule has 4 heterocycles. The van der Waals surface area contributed by atoms with E-state index in [0.29, 0.717) is 47.2 Å². The lowest BCUT2D eigenvalue weighted by Gasteiger charge is -2.40. The van der Waals surface area contributed by atoms with Crippen molar-refractivity contribution in [1.82, 2.24) is 24.7 Å². The highest BCUT2D eigenvalue weighted by Gasteiger charge is 2.36. The van der Waals surface area contributed by atoms with Gasteiger partial charge in [0.25, 0.3) is 5.91 Å². The van der Waals surface area contributed by atoms with E-state index in [1.807, 2.05) is 29.2 Å². The number of halogens is 1. The van der Waals surface area contributed by atoms with E-state index in [9.17, 15) is 20.0 Å². The van der Waals surface area contributed by atoms with Crippen LogP contribution in [0.3, 0.4) is 0 Å². The molecule has 11 nitrogen and oxygen atoms in total. The largest absolute Gasteiger partial charge is 0.465 e. The Morgan fingerprint density at radius 3 is 2.67 bits per heavy atom. The van der Waals surface area contributed by atoms with Crippen molar-refractivity contribution < 1.29 is 19.4 Å². The summed E-state index contributed by atoms with van der Waals surface area (Å²) in [7, 11) is 2.08. The summed E-state index contributed by atoms with van der Waals surface area (Å²) >= 11 is 6.53. The molecule has 0 radical (unpaired) electrons. The first-order valence-electron chi connectivity index (χ1n) is 14.1. The number of benzene rings is 2. The minimum atomic E-state index is -1.04. The summed E-state index contributed by atoms with van der Waals surface area (Å²) in [5.41, 5.74) is 2.02. The Morgan fingerprint density at radius 2 is 1.93 bits per heavy atom. The molecule has 0 spiro atoms. The molecule has 12 heteroatoms. The molecule has 1 N–H and O–H groups in total. The van der Waals surface area contributed by atoms with Gasteiger partial charge in [-0.25, -0.2) is 4.79 Å². The second kappa shape index (κ2) is 11.6. The molecular formula is C30H32ClN7O4. The molecule has 3 aliphatic rings. The highest BCUT2D eigenvalue weighted by atomic mass is 35.5. The van der Waals surface area contributed by atoms with Crippen molar-refractivity contribution in [1.29, 1.82) is 5.26 Å². The number of anilines is 1. The number of carboxylic acid groups (broad SMARTS) is 1. The molecule has 3 aromatic rings. The quantitative estimate of drug-likeness (QED) is 0.454. The molecule has 0 saturated carbocycles. The average Bonchev–Trinajstić information content (AvgIpc) is 3.61. The molecule has 6 rings (SSSR count). The van der Waals surface area contributed by atoms with Crippen LogP contribution in [0.2, 0.25) is 5.02 Å². The maximum atomic E-state index is 13.9. The van der Waals surface area contributed by atoms with Crippen LogP contribution in [-0.2, 0) is 13.1 Å². The van der Waals surface area contributed by atoms with Gasteiger partial charge in [-0.2, -0.15) is 15.2 Å². The molecule has 0 aliphatic carbocycles. The van der Waals surface area contributed by atoms with Crippen molar-refractivity contribution in [3.63, 3.8) is 0 Å². The van der Waals surface area contributed by atoms with E-state index in [2.05, 4.69) is 18.0 Å². The fourth-order valence-corrected chi connectivity index (χ4v) is 6.55. The van der Waals surface area contributed by atoms with Crippen LogP contribution in [0, 0.1) is 11.3 Å². The molecule has 3 aliphatic heterocycles. The Hall–Kier alpha value is -4.14. The number of ether oxygens (including phenoxy) is 1. The van der Waals surface area contributed by atoms with Crippen LogP contribution in [-0.4, -0.2) is 93.7 Å². The summed E-state index contributed by atoms with van der Waals surface area (Å²) in [6.07, 6.45) is 1.18. The number of hydrogen-bond acceptors (Lipinski definition) is 8. The van der Waals surface area contributed by atoms with Crippen molar-refractivity contribution in [2.75, 3.05) is 44.7 Å². The van der Waals surface area contributed by atoms with Crippen molar-refractivity contribution in [3.05, 3.63) is 58.2 Å². The molecule has 218 valence electrons. The zero-order chi connectivity index (χ0) is 29.4. The number of amides is 2. The predicted molar refractivity (Wildman–Crippen MR) is 157 cm³/mol. The highest BCUT2D eigenvalue weighted by Crippen LogP contribution is 2.35. The Balaban J connectivity index is 1.32. The number of piperazine rings is 1. The summed E-state index contributed by atoms with van der Waals surface area (Å²) in [5, 5.41) is 21.2. The zero-order valence-electron chi connectivity index (χ0n) is 23.4. The van der Waals surface area contributed by atoms with Gasteiger partial charge in [-0.15, -0.1) is 0 Å². The number of carbonyl (C=O) groups excluding carboxylic acids is 1. The van der Waals surface area contributed by atoms with E-state index in [1.165, 1.54) is 4.90 Å². The van der Waals surface area contributed by atoms with Crippen LogP contribution in [0.15, 0.2) is 36.4 Å². The lowest BCUT2D eigenvalue weighted by atomic mass is 10.0. The molecule has 2 atom stereocenters. The zero-order valence-corrected chi connectivity index (χ0v) is 24.1.